The van der Waals surface area contributed by atoms with Gasteiger partial charge in [-0.2, -0.15) is 0 Å². The summed E-state index contributed by atoms with van der Waals surface area (Å²) >= 11 is 0. The van der Waals surface area contributed by atoms with Gasteiger partial charge in [0.25, 0.3) is 5.91 Å². The Morgan fingerprint density at radius 2 is 2.00 bits per heavy atom. The first-order valence-electron chi connectivity index (χ1n) is 7.12. The highest BCUT2D eigenvalue weighted by Crippen LogP contribution is 2.24. The van der Waals surface area contributed by atoms with Crippen LogP contribution in [0.25, 0.3) is 0 Å². The maximum atomic E-state index is 12.0. The minimum absolute atomic E-state index is 0.0169. The molecule has 3 nitrogen and oxygen atoms in total. The average molecular weight is 261 g/mol. The molecule has 0 aliphatic heterocycles. The fourth-order valence-corrected chi connectivity index (χ4v) is 2.59. The Hall–Kier alpha value is -1.35. The summed E-state index contributed by atoms with van der Waals surface area (Å²) in [6.07, 6.45) is 2.51. The van der Waals surface area contributed by atoms with Crippen LogP contribution in [0.4, 0.5) is 0 Å². The van der Waals surface area contributed by atoms with E-state index in [0.29, 0.717) is 23.9 Å². The summed E-state index contributed by atoms with van der Waals surface area (Å²) in [6.45, 7) is 4.95. The highest BCUT2D eigenvalue weighted by Gasteiger charge is 2.23. The summed E-state index contributed by atoms with van der Waals surface area (Å²) < 4.78 is 0. The standard InChI is InChI=1S/C16H23NO2/c1-11(2)13-4-6-14(7-5-13)16(19)17-10-12-3-8-15(18)9-12/h4-7,11-12,15,18H,3,8-10H2,1-2H3,(H,17,19). The second-order valence-corrected chi connectivity index (χ2v) is 5.82. The lowest BCUT2D eigenvalue weighted by Crippen LogP contribution is -2.28. The molecule has 2 N–H and O–H groups in total. The first-order chi connectivity index (χ1) is 9.06. The maximum Gasteiger partial charge on any atom is 0.251 e. The number of benzene rings is 1. The van der Waals surface area contributed by atoms with Gasteiger partial charge in [-0.3, -0.25) is 4.79 Å². The van der Waals surface area contributed by atoms with Gasteiger partial charge < -0.3 is 10.4 Å². The molecule has 1 fully saturated rings. The molecule has 3 heteroatoms. The molecule has 104 valence electrons. The van der Waals surface area contributed by atoms with E-state index in [1.807, 2.05) is 24.3 Å². The van der Waals surface area contributed by atoms with E-state index < -0.39 is 0 Å². The van der Waals surface area contributed by atoms with Gasteiger partial charge in [0.15, 0.2) is 0 Å². The van der Waals surface area contributed by atoms with Crippen molar-refractivity contribution in [3.05, 3.63) is 35.4 Å². The fourth-order valence-electron chi connectivity index (χ4n) is 2.59. The lowest BCUT2D eigenvalue weighted by molar-refractivity contribution is 0.0945. The van der Waals surface area contributed by atoms with Crippen molar-refractivity contribution in [2.75, 3.05) is 6.54 Å². The van der Waals surface area contributed by atoms with Gasteiger partial charge in [-0.15, -0.1) is 0 Å². The second kappa shape index (κ2) is 6.20. The molecule has 1 aromatic carbocycles. The zero-order valence-corrected chi connectivity index (χ0v) is 11.7. The summed E-state index contributed by atoms with van der Waals surface area (Å²) in [6, 6.07) is 7.79. The van der Waals surface area contributed by atoms with Gasteiger partial charge in [0.1, 0.15) is 0 Å². The topological polar surface area (TPSA) is 49.3 Å². The van der Waals surface area contributed by atoms with E-state index in [-0.39, 0.29) is 12.0 Å². The molecule has 19 heavy (non-hydrogen) atoms. The highest BCUT2D eigenvalue weighted by molar-refractivity contribution is 5.94. The molecule has 1 aliphatic carbocycles. The van der Waals surface area contributed by atoms with Crippen LogP contribution in [-0.4, -0.2) is 23.7 Å². The first-order valence-corrected chi connectivity index (χ1v) is 7.12. The van der Waals surface area contributed by atoms with Gasteiger partial charge in [-0.1, -0.05) is 26.0 Å². The van der Waals surface area contributed by atoms with Gasteiger partial charge in [-0.05, 0) is 48.8 Å². The third kappa shape index (κ3) is 3.80. The zero-order chi connectivity index (χ0) is 13.8. The molecule has 2 atom stereocenters. The smallest absolute Gasteiger partial charge is 0.251 e. The Balaban J connectivity index is 1.85. The van der Waals surface area contributed by atoms with Crippen molar-refractivity contribution >= 4 is 5.91 Å². The first kappa shape index (κ1) is 14.1. The minimum Gasteiger partial charge on any atom is -0.393 e. The Morgan fingerprint density at radius 1 is 1.32 bits per heavy atom. The van der Waals surface area contributed by atoms with Crippen molar-refractivity contribution in [3.8, 4) is 0 Å². The number of aliphatic hydroxyl groups excluding tert-OH is 1. The van der Waals surface area contributed by atoms with Crippen LogP contribution in [0.15, 0.2) is 24.3 Å². The Morgan fingerprint density at radius 3 is 2.53 bits per heavy atom. The van der Waals surface area contributed by atoms with Crippen molar-refractivity contribution in [1.82, 2.24) is 5.32 Å². The van der Waals surface area contributed by atoms with Crippen LogP contribution in [0.3, 0.4) is 0 Å². The van der Waals surface area contributed by atoms with E-state index in [9.17, 15) is 9.90 Å². The summed E-state index contributed by atoms with van der Waals surface area (Å²) in [7, 11) is 0. The summed E-state index contributed by atoms with van der Waals surface area (Å²) in [5.41, 5.74) is 1.96. The molecule has 2 unspecified atom stereocenters. The van der Waals surface area contributed by atoms with E-state index in [2.05, 4.69) is 19.2 Å². The zero-order valence-electron chi connectivity index (χ0n) is 11.7. The van der Waals surface area contributed by atoms with Crippen molar-refractivity contribution in [2.45, 2.75) is 45.1 Å². The molecular weight excluding hydrogens is 238 g/mol. The van der Waals surface area contributed by atoms with Gasteiger partial charge in [0, 0.05) is 12.1 Å². The molecule has 0 heterocycles. The third-order valence-electron chi connectivity index (χ3n) is 3.90. The van der Waals surface area contributed by atoms with Crippen LogP contribution >= 0.6 is 0 Å². The lowest BCUT2D eigenvalue weighted by Gasteiger charge is -2.11. The lowest BCUT2D eigenvalue weighted by atomic mass is 10.0. The van der Waals surface area contributed by atoms with Gasteiger partial charge in [0.2, 0.25) is 0 Å². The predicted octanol–water partition coefficient (Wildman–Crippen LogP) is 2.70. The van der Waals surface area contributed by atoms with E-state index in [4.69, 9.17) is 0 Å². The molecule has 0 spiro atoms. The van der Waals surface area contributed by atoms with Gasteiger partial charge in [0.05, 0.1) is 6.10 Å². The fraction of sp³-hybridized carbons (Fsp3) is 0.562. The largest absolute Gasteiger partial charge is 0.393 e. The third-order valence-corrected chi connectivity index (χ3v) is 3.90. The van der Waals surface area contributed by atoms with Crippen molar-refractivity contribution in [2.24, 2.45) is 5.92 Å². The number of hydrogen-bond donors (Lipinski definition) is 2. The molecule has 0 aromatic heterocycles. The normalized spacial score (nSPS) is 22.7. The number of rotatable bonds is 4. The SMILES string of the molecule is CC(C)c1ccc(C(=O)NCC2CCC(O)C2)cc1. The molecule has 2 rings (SSSR count). The number of nitrogens with one attached hydrogen (secondary N) is 1. The van der Waals surface area contributed by atoms with Crippen molar-refractivity contribution < 1.29 is 9.90 Å². The average Bonchev–Trinajstić information content (AvgIpc) is 2.82. The van der Waals surface area contributed by atoms with Crippen molar-refractivity contribution in [3.63, 3.8) is 0 Å². The van der Waals surface area contributed by atoms with Crippen LogP contribution in [0.2, 0.25) is 0 Å². The molecule has 0 bridgehead atoms. The van der Waals surface area contributed by atoms with Crippen LogP contribution in [-0.2, 0) is 0 Å². The van der Waals surface area contributed by atoms with E-state index >= 15 is 0 Å². The minimum atomic E-state index is -0.174. The predicted molar refractivity (Wildman–Crippen MR) is 76.2 cm³/mol. The molecule has 1 aliphatic rings. The summed E-state index contributed by atoms with van der Waals surface area (Å²) in [4.78, 5) is 12.0. The summed E-state index contributed by atoms with van der Waals surface area (Å²) in [5.74, 6) is 0.891. The van der Waals surface area contributed by atoms with Gasteiger partial charge >= 0.3 is 0 Å². The number of carbonyl (C=O) groups is 1. The molecule has 1 saturated carbocycles. The number of aliphatic hydroxyl groups is 1. The molecule has 1 amide bonds. The van der Waals surface area contributed by atoms with Crippen LogP contribution in [0.1, 0.15) is 54.9 Å². The monoisotopic (exact) mass is 261 g/mol. The van der Waals surface area contributed by atoms with E-state index in [1.54, 1.807) is 0 Å². The van der Waals surface area contributed by atoms with Crippen molar-refractivity contribution in [1.29, 1.82) is 0 Å². The number of carbonyl (C=O) groups excluding carboxylic acids is 1. The van der Waals surface area contributed by atoms with Crippen LogP contribution in [0, 0.1) is 5.92 Å². The Labute approximate surface area is 115 Å². The maximum absolute atomic E-state index is 12.0. The molecule has 0 radical (unpaired) electrons. The summed E-state index contributed by atoms with van der Waals surface area (Å²) in [5, 5.41) is 12.4. The molecule has 1 aromatic rings. The van der Waals surface area contributed by atoms with E-state index in [0.717, 1.165) is 19.3 Å². The van der Waals surface area contributed by atoms with Crippen LogP contribution < -0.4 is 5.32 Å². The highest BCUT2D eigenvalue weighted by atomic mass is 16.3. The van der Waals surface area contributed by atoms with E-state index in [1.165, 1.54) is 5.56 Å². The van der Waals surface area contributed by atoms with Crippen LogP contribution in [0.5, 0.6) is 0 Å². The second-order valence-electron chi connectivity index (χ2n) is 5.82. The van der Waals surface area contributed by atoms with Gasteiger partial charge in [-0.25, -0.2) is 0 Å². The Kier molecular flexibility index (Phi) is 4.59. The number of amides is 1. The molecule has 0 saturated heterocycles. The molecular formula is C16H23NO2. The number of hydrogen-bond acceptors (Lipinski definition) is 2. The quantitative estimate of drug-likeness (QED) is 0.875. The Bertz CT molecular complexity index is 425.